The number of hydrogen-bond donors (Lipinski definition) is 1. The normalized spacial score (nSPS) is 21.0. The monoisotopic (exact) mass is 304 g/mol. The molecule has 1 aliphatic rings. The Morgan fingerprint density at radius 2 is 2.14 bits per heavy atom. The van der Waals surface area contributed by atoms with E-state index in [1.54, 1.807) is 25.3 Å². The Bertz CT molecular complexity index is 571. The minimum Gasteiger partial charge on any atom is -0.496 e. The van der Waals surface area contributed by atoms with Gasteiger partial charge in [0.25, 0.3) is 0 Å². The van der Waals surface area contributed by atoms with Crippen LogP contribution in [0.25, 0.3) is 0 Å². The first kappa shape index (κ1) is 16.5. The molecule has 1 amide bonds. The van der Waals surface area contributed by atoms with Gasteiger partial charge in [-0.1, -0.05) is 0 Å². The number of likely N-dealkylation sites (tertiary alicyclic amines) is 1. The molecule has 1 aromatic rings. The van der Waals surface area contributed by atoms with E-state index in [0.29, 0.717) is 30.3 Å². The summed E-state index contributed by atoms with van der Waals surface area (Å²) in [4.78, 5) is 26.0. The molecule has 0 aliphatic carbocycles. The highest BCUT2D eigenvalue weighted by atomic mass is 16.5. The first-order valence-corrected chi connectivity index (χ1v) is 7.63. The number of carbonyl (C=O) groups excluding carboxylic acids is 2. The van der Waals surface area contributed by atoms with Crippen LogP contribution in [0.1, 0.15) is 36.2 Å². The molecule has 0 saturated carbocycles. The first-order chi connectivity index (χ1) is 10.5. The third-order valence-corrected chi connectivity index (χ3v) is 4.34. The largest absolute Gasteiger partial charge is 0.496 e. The highest BCUT2D eigenvalue weighted by molar-refractivity contribution is 5.94. The maximum absolute atomic E-state index is 12.6. The van der Waals surface area contributed by atoms with E-state index in [4.69, 9.17) is 10.5 Å². The van der Waals surface area contributed by atoms with E-state index in [2.05, 4.69) is 6.92 Å². The van der Waals surface area contributed by atoms with E-state index >= 15 is 0 Å². The average molecular weight is 304 g/mol. The van der Waals surface area contributed by atoms with Crippen LogP contribution in [-0.2, 0) is 11.2 Å². The van der Waals surface area contributed by atoms with Crippen molar-refractivity contribution in [2.24, 2.45) is 11.7 Å². The molecule has 2 N–H and O–H groups in total. The van der Waals surface area contributed by atoms with Crippen molar-refractivity contribution >= 4 is 11.7 Å². The van der Waals surface area contributed by atoms with Crippen molar-refractivity contribution in [1.82, 2.24) is 4.90 Å². The number of nitrogens with two attached hydrogens (primary N) is 1. The second-order valence-corrected chi connectivity index (χ2v) is 5.99. The molecule has 0 bridgehead atoms. The molecular weight excluding hydrogens is 280 g/mol. The number of benzene rings is 1. The van der Waals surface area contributed by atoms with E-state index in [1.807, 2.05) is 4.90 Å². The van der Waals surface area contributed by atoms with Crippen LogP contribution in [0.3, 0.4) is 0 Å². The summed E-state index contributed by atoms with van der Waals surface area (Å²) in [5.74, 6) is 1.06. The minimum absolute atomic E-state index is 0.0194. The molecule has 22 heavy (non-hydrogen) atoms. The Hall–Kier alpha value is -1.88. The van der Waals surface area contributed by atoms with Crippen molar-refractivity contribution in [3.05, 3.63) is 29.3 Å². The Labute approximate surface area is 131 Å². The molecule has 120 valence electrons. The van der Waals surface area contributed by atoms with Gasteiger partial charge >= 0.3 is 0 Å². The van der Waals surface area contributed by atoms with Crippen molar-refractivity contribution in [3.8, 4) is 5.75 Å². The summed E-state index contributed by atoms with van der Waals surface area (Å²) in [6.07, 6.45) is 1.19. The predicted octanol–water partition coefficient (Wildman–Crippen LogP) is 1.64. The lowest BCUT2D eigenvalue weighted by atomic mass is 10.0. The molecule has 1 aromatic carbocycles. The Kier molecular flexibility index (Phi) is 5.19. The molecule has 1 heterocycles. The van der Waals surface area contributed by atoms with E-state index < -0.39 is 0 Å². The smallest absolute Gasteiger partial charge is 0.227 e. The van der Waals surface area contributed by atoms with Crippen LogP contribution >= 0.6 is 0 Å². The van der Waals surface area contributed by atoms with Crippen molar-refractivity contribution < 1.29 is 14.3 Å². The number of nitrogens with zero attached hydrogens (tertiary/aromatic N) is 1. The van der Waals surface area contributed by atoms with E-state index in [0.717, 1.165) is 12.0 Å². The number of rotatable bonds is 5. The van der Waals surface area contributed by atoms with Gasteiger partial charge < -0.3 is 15.4 Å². The minimum atomic E-state index is -0.0194. The summed E-state index contributed by atoms with van der Waals surface area (Å²) in [7, 11) is 1.57. The molecule has 0 radical (unpaired) electrons. The number of Topliss-reactive ketones (excluding diaryl/α,β-unsaturated/α-hetero) is 1. The van der Waals surface area contributed by atoms with Crippen molar-refractivity contribution in [2.75, 3.05) is 20.2 Å². The molecule has 1 fully saturated rings. The fourth-order valence-corrected chi connectivity index (χ4v) is 3.06. The maximum atomic E-state index is 12.6. The second-order valence-electron chi connectivity index (χ2n) is 5.99. The highest BCUT2D eigenvalue weighted by Crippen LogP contribution is 2.26. The third kappa shape index (κ3) is 3.47. The zero-order valence-corrected chi connectivity index (χ0v) is 13.5. The van der Waals surface area contributed by atoms with Crippen LogP contribution in [0, 0.1) is 5.92 Å². The molecule has 2 atom stereocenters. The molecule has 5 nitrogen and oxygen atoms in total. The Morgan fingerprint density at radius 1 is 1.41 bits per heavy atom. The fraction of sp³-hybridized carbons (Fsp3) is 0.529. The zero-order valence-electron chi connectivity index (χ0n) is 13.5. The predicted molar refractivity (Wildman–Crippen MR) is 85.0 cm³/mol. The SMILES string of the molecule is COc1ccc(C(C)=O)cc1CC(=O)N1CC(CN)CC1C. The van der Waals surface area contributed by atoms with Crippen LogP contribution in [-0.4, -0.2) is 42.8 Å². The number of ether oxygens (including phenoxy) is 1. The van der Waals surface area contributed by atoms with Crippen LogP contribution in [0.5, 0.6) is 5.75 Å². The summed E-state index contributed by atoms with van der Waals surface area (Å²) >= 11 is 0. The summed E-state index contributed by atoms with van der Waals surface area (Å²) in [5.41, 5.74) is 7.06. The van der Waals surface area contributed by atoms with E-state index in [1.165, 1.54) is 6.92 Å². The number of ketones is 1. The first-order valence-electron chi connectivity index (χ1n) is 7.63. The number of amides is 1. The maximum Gasteiger partial charge on any atom is 0.227 e. The number of methoxy groups -OCH3 is 1. The standard InChI is InChI=1S/C17H24N2O3/c1-11-6-13(9-18)10-19(11)17(21)8-15-7-14(12(2)20)4-5-16(15)22-3/h4-5,7,11,13H,6,8-10,18H2,1-3H3. The lowest BCUT2D eigenvalue weighted by Gasteiger charge is -2.22. The lowest BCUT2D eigenvalue weighted by Crippen LogP contribution is -2.35. The van der Waals surface area contributed by atoms with Gasteiger partial charge in [-0.2, -0.15) is 0 Å². The second kappa shape index (κ2) is 6.92. The van der Waals surface area contributed by atoms with E-state index in [-0.39, 0.29) is 24.2 Å². The summed E-state index contributed by atoms with van der Waals surface area (Å²) < 4.78 is 5.31. The third-order valence-electron chi connectivity index (χ3n) is 4.34. The molecule has 0 spiro atoms. The van der Waals surface area contributed by atoms with Crippen molar-refractivity contribution in [1.29, 1.82) is 0 Å². The number of carbonyl (C=O) groups is 2. The number of hydrogen-bond acceptors (Lipinski definition) is 4. The molecule has 1 saturated heterocycles. The van der Waals surface area contributed by atoms with Gasteiger partial charge in [0.15, 0.2) is 5.78 Å². The van der Waals surface area contributed by atoms with Gasteiger partial charge in [-0.3, -0.25) is 9.59 Å². The van der Waals surface area contributed by atoms with Gasteiger partial charge in [0.05, 0.1) is 13.5 Å². The summed E-state index contributed by atoms with van der Waals surface area (Å²) in [6.45, 7) is 4.89. The van der Waals surface area contributed by atoms with Gasteiger partial charge in [-0.15, -0.1) is 0 Å². The Morgan fingerprint density at radius 3 is 2.68 bits per heavy atom. The van der Waals surface area contributed by atoms with Crippen molar-refractivity contribution in [2.45, 2.75) is 32.7 Å². The quantitative estimate of drug-likeness (QED) is 0.839. The summed E-state index contributed by atoms with van der Waals surface area (Å²) in [6, 6.07) is 5.43. The molecule has 2 rings (SSSR count). The Balaban J connectivity index is 2.17. The molecule has 1 aliphatic heterocycles. The topological polar surface area (TPSA) is 72.6 Å². The average Bonchev–Trinajstić information content (AvgIpc) is 2.88. The van der Waals surface area contributed by atoms with Gasteiger partial charge in [-0.25, -0.2) is 0 Å². The molecular formula is C17H24N2O3. The van der Waals surface area contributed by atoms with Crippen LogP contribution in [0.4, 0.5) is 0 Å². The molecule has 5 heteroatoms. The fourth-order valence-electron chi connectivity index (χ4n) is 3.06. The van der Waals surface area contributed by atoms with Gasteiger partial charge in [0.2, 0.25) is 5.91 Å². The highest BCUT2D eigenvalue weighted by Gasteiger charge is 2.31. The molecule has 0 aromatic heterocycles. The van der Waals surface area contributed by atoms with Gasteiger partial charge in [0.1, 0.15) is 5.75 Å². The molecule has 2 unspecified atom stereocenters. The van der Waals surface area contributed by atoms with Crippen molar-refractivity contribution in [3.63, 3.8) is 0 Å². The van der Waals surface area contributed by atoms with Gasteiger partial charge in [0, 0.05) is 23.7 Å². The van der Waals surface area contributed by atoms with Crippen LogP contribution in [0.2, 0.25) is 0 Å². The lowest BCUT2D eigenvalue weighted by molar-refractivity contribution is -0.131. The van der Waals surface area contributed by atoms with Crippen LogP contribution < -0.4 is 10.5 Å². The van der Waals surface area contributed by atoms with Crippen LogP contribution in [0.15, 0.2) is 18.2 Å². The van der Waals surface area contributed by atoms with E-state index in [9.17, 15) is 9.59 Å². The zero-order chi connectivity index (χ0) is 16.3. The summed E-state index contributed by atoms with van der Waals surface area (Å²) in [5, 5.41) is 0. The van der Waals surface area contributed by atoms with Gasteiger partial charge in [-0.05, 0) is 50.9 Å².